The molecular formula is C11H8BrF3N4O. The zero-order valence-electron chi connectivity index (χ0n) is 9.76. The summed E-state index contributed by atoms with van der Waals surface area (Å²) in [5.41, 5.74) is 4.73. The molecule has 106 valence electrons. The molecule has 0 amide bonds. The average Bonchev–Trinajstić information content (AvgIpc) is 2.82. The number of benzene rings is 1. The summed E-state index contributed by atoms with van der Waals surface area (Å²) in [6.45, 7) is 0. The van der Waals surface area contributed by atoms with Gasteiger partial charge in [0.15, 0.2) is 5.84 Å². The molecule has 0 aliphatic carbocycles. The first-order valence-electron chi connectivity index (χ1n) is 5.22. The van der Waals surface area contributed by atoms with Crippen molar-refractivity contribution in [2.75, 3.05) is 0 Å². The fraction of sp³-hybridized carbons (Fsp3) is 0.0909. The first-order chi connectivity index (χ1) is 9.32. The van der Waals surface area contributed by atoms with Gasteiger partial charge in [-0.1, -0.05) is 5.16 Å². The molecule has 0 saturated heterocycles. The van der Waals surface area contributed by atoms with Crippen LogP contribution in [0, 0.1) is 0 Å². The van der Waals surface area contributed by atoms with E-state index in [2.05, 4.69) is 26.2 Å². The van der Waals surface area contributed by atoms with E-state index >= 15 is 0 Å². The van der Waals surface area contributed by atoms with Crippen molar-refractivity contribution in [3.8, 4) is 5.69 Å². The Balaban J connectivity index is 2.63. The van der Waals surface area contributed by atoms with Crippen molar-refractivity contribution in [1.29, 1.82) is 0 Å². The van der Waals surface area contributed by atoms with Gasteiger partial charge in [-0.25, -0.2) is 4.68 Å². The zero-order chi connectivity index (χ0) is 14.9. The van der Waals surface area contributed by atoms with Gasteiger partial charge in [-0.15, -0.1) is 0 Å². The van der Waals surface area contributed by atoms with Gasteiger partial charge in [0.25, 0.3) is 0 Å². The maximum atomic E-state index is 12.7. The minimum absolute atomic E-state index is 0.0714. The number of alkyl halides is 3. The van der Waals surface area contributed by atoms with Gasteiger partial charge >= 0.3 is 6.18 Å². The normalized spacial score (nSPS) is 12.7. The molecule has 20 heavy (non-hydrogen) atoms. The highest BCUT2D eigenvalue weighted by molar-refractivity contribution is 9.10. The van der Waals surface area contributed by atoms with Crippen molar-refractivity contribution >= 4 is 21.8 Å². The molecule has 0 fully saturated rings. The van der Waals surface area contributed by atoms with Gasteiger partial charge in [0, 0.05) is 11.8 Å². The third-order valence-electron chi connectivity index (χ3n) is 2.51. The Morgan fingerprint density at radius 3 is 2.60 bits per heavy atom. The zero-order valence-corrected chi connectivity index (χ0v) is 11.4. The van der Waals surface area contributed by atoms with Crippen molar-refractivity contribution in [3.63, 3.8) is 0 Å². The van der Waals surface area contributed by atoms with E-state index < -0.39 is 17.6 Å². The Morgan fingerprint density at radius 1 is 1.40 bits per heavy atom. The lowest BCUT2D eigenvalue weighted by Crippen LogP contribution is -2.18. The van der Waals surface area contributed by atoms with E-state index in [0.29, 0.717) is 4.47 Å². The molecule has 3 N–H and O–H groups in total. The van der Waals surface area contributed by atoms with Crippen molar-refractivity contribution in [2.45, 2.75) is 6.18 Å². The molecule has 0 aliphatic rings. The Bertz CT molecular complexity index is 666. The highest BCUT2D eigenvalue weighted by atomic mass is 79.9. The monoisotopic (exact) mass is 348 g/mol. The van der Waals surface area contributed by atoms with Crippen LogP contribution in [-0.4, -0.2) is 20.8 Å². The number of halogens is 4. The van der Waals surface area contributed by atoms with Crippen molar-refractivity contribution in [2.24, 2.45) is 10.9 Å². The number of nitrogens with zero attached hydrogens (tertiary/aromatic N) is 3. The fourth-order valence-electron chi connectivity index (χ4n) is 1.60. The molecule has 5 nitrogen and oxygen atoms in total. The Morgan fingerprint density at radius 2 is 2.10 bits per heavy atom. The summed E-state index contributed by atoms with van der Waals surface area (Å²) in [7, 11) is 0. The van der Waals surface area contributed by atoms with Crippen LogP contribution in [0.5, 0.6) is 0 Å². The van der Waals surface area contributed by atoms with Crippen LogP contribution in [-0.2, 0) is 6.18 Å². The third-order valence-corrected chi connectivity index (χ3v) is 2.91. The molecule has 1 aromatic carbocycles. The molecular weight excluding hydrogens is 341 g/mol. The first kappa shape index (κ1) is 14.4. The summed E-state index contributed by atoms with van der Waals surface area (Å²) < 4.78 is 40.1. The van der Waals surface area contributed by atoms with Crippen molar-refractivity contribution < 1.29 is 18.4 Å². The number of hydrogen-bond acceptors (Lipinski definition) is 3. The van der Waals surface area contributed by atoms with Crippen LogP contribution in [0.15, 0.2) is 40.2 Å². The number of hydrogen-bond donors (Lipinski definition) is 2. The summed E-state index contributed by atoms with van der Waals surface area (Å²) in [4.78, 5) is 0. The lowest BCUT2D eigenvalue weighted by molar-refractivity contribution is -0.137. The molecule has 0 bridgehead atoms. The SMILES string of the molecule is N/C(=N\O)c1cc(C(F)(F)F)ccc1-n1cc(Br)cn1. The summed E-state index contributed by atoms with van der Waals surface area (Å²) in [6, 6.07) is 2.91. The van der Waals surface area contributed by atoms with E-state index in [1.54, 1.807) is 0 Å². The number of amidine groups is 1. The third kappa shape index (κ3) is 2.77. The summed E-state index contributed by atoms with van der Waals surface area (Å²) >= 11 is 3.18. The number of rotatable bonds is 2. The van der Waals surface area contributed by atoms with Crippen LogP contribution in [0.3, 0.4) is 0 Å². The summed E-state index contributed by atoms with van der Waals surface area (Å²) in [5.74, 6) is -0.433. The second kappa shape index (κ2) is 5.16. The minimum atomic E-state index is -4.52. The molecule has 9 heteroatoms. The quantitative estimate of drug-likeness (QED) is 0.379. The average molecular weight is 349 g/mol. The van der Waals surface area contributed by atoms with Gasteiger partial charge in [-0.05, 0) is 34.1 Å². The van der Waals surface area contributed by atoms with Crippen molar-refractivity contribution in [1.82, 2.24) is 9.78 Å². The van der Waals surface area contributed by atoms with E-state index in [9.17, 15) is 13.2 Å². The first-order valence-corrected chi connectivity index (χ1v) is 6.02. The number of oxime groups is 1. The smallest absolute Gasteiger partial charge is 0.409 e. The fourth-order valence-corrected chi connectivity index (χ4v) is 1.89. The topological polar surface area (TPSA) is 76.4 Å². The Kier molecular flexibility index (Phi) is 3.71. The van der Waals surface area contributed by atoms with Gasteiger partial charge in [0.1, 0.15) is 0 Å². The second-order valence-electron chi connectivity index (χ2n) is 3.82. The summed E-state index contributed by atoms with van der Waals surface area (Å²) in [6.07, 6.45) is -1.52. The maximum Gasteiger partial charge on any atom is 0.416 e. The van der Waals surface area contributed by atoms with Gasteiger partial charge in [-0.2, -0.15) is 18.3 Å². The van der Waals surface area contributed by atoms with E-state index in [4.69, 9.17) is 10.9 Å². The maximum absolute atomic E-state index is 12.7. The molecule has 2 rings (SSSR count). The van der Waals surface area contributed by atoms with Gasteiger partial charge in [-0.3, -0.25) is 0 Å². The molecule has 0 unspecified atom stereocenters. The number of aromatic nitrogens is 2. The highest BCUT2D eigenvalue weighted by Gasteiger charge is 2.31. The molecule has 1 aromatic heterocycles. The molecule has 2 aromatic rings. The minimum Gasteiger partial charge on any atom is -0.409 e. The van der Waals surface area contributed by atoms with Crippen LogP contribution in [0.25, 0.3) is 5.69 Å². The second-order valence-corrected chi connectivity index (χ2v) is 4.73. The van der Waals surface area contributed by atoms with Gasteiger partial charge in [0.05, 0.1) is 21.9 Å². The van der Waals surface area contributed by atoms with Crippen LogP contribution < -0.4 is 5.73 Å². The van der Waals surface area contributed by atoms with Crippen LogP contribution in [0.2, 0.25) is 0 Å². The number of nitrogens with two attached hydrogens (primary N) is 1. The standard InChI is InChI=1S/C11H8BrF3N4O/c12-7-4-17-19(5-7)9-2-1-6(11(13,14)15)3-8(9)10(16)18-20/h1-5,20H,(H2,16,18). The van der Waals surface area contributed by atoms with Crippen LogP contribution in [0.1, 0.15) is 11.1 Å². The molecule has 0 saturated carbocycles. The van der Waals surface area contributed by atoms with Crippen LogP contribution in [0.4, 0.5) is 13.2 Å². The molecule has 0 aliphatic heterocycles. The van der Waals surface area contributed by atoms with Gasteiger partial charge < -0.3 is 10.9 Å². The molecule has 0 atom stereocenters. The van der Waals surface area contributed by atoms with E-state index in [1.165, 1.54) is 23.1 Å². The predicted molar refractivity (Wildman–Crippen MR) is 68.8 cm³/mol. The molecule has 0 spiro atoms. The highest BCUT2D eigenvalue weighted by Crippen LogP contribution is 2.31. The molecule has 0 radical (unpaired) electrons. The Hall–Kier alpha value is -2.03. The van der Waals surface area contributed by atoms with E-state index in [0.717, 1.165) is 12.1 Å². The molecule has 1 heterocycles. The largest absolute Gasteiger partial charge is 0.416 e. The lowest BCUT2D eigenvalue weighted by atomic mass is 10.1. The Labute approximate surface area is 119 Å². The predicted octanol–water partition coefficient (Wildman–Crippen LogP) is 2.75. The van der Waals surface area contributed by atoms with E-state index in [1.807, 2.05) is 0 Å². The van der Waals surface area contributed by atoms with Gasteiger partial charge in [0.2, 0.25) is 0 Å². The van der Waals surface area contributed by atoms with Crippen LogP contribution >= 0.6 is 15.9 Å². The lowest BCUT2D eigenvalue weighted by Gasteiger charge is -2.12. The summed E-state index contributed by atoms with van der Waals surface area (Å²) in [5, 5.41) is 15.4. The van der Waals surface area contributed by atoms with Crippen molar-refractivity contribution in [3.05, 3.63) is 46.2 Å². The van der Waals surface area contributed by atoms with E-state index in [-0.39, 0.29) is 11.3 Å².